The Morgan fingerprint density at radius 1 is 0.711 bits per heavy atom. The molecule has 0 bridgehead atoms. The van der Waals surface area contributed by atoms with Crippen LogP contribution < -0.4 is 0 Å². The minimum atomic E-state index is -1.61. The molecule has 10 N–H and O–H groups in total. The molecule has 45 heavy (non-hydrogen) atoms. The van der Waals surface area contributed by atoms with Crippen molar-refractivity contribution in [3.05, 3.63) is 60.3 Å². The standard InChI is InChI=1S/C33H54O12/c1-3-4-13-26-28(40)18-24(37)16-22(35)15-23(36)17-25(38)19-29(41)32(43)31(42)21(2)12-10-8-6-5-7-9-11-14-27(39)30(20-34)45-33(26)44/h5-12,14,22-32,34-43H,3-4,13,15-20H2,1-2H3/b6-5+,9-7+,10-8+,14-11+,21-12-. The zero-order valence-corrected chi connectivity index (χ0v) is 26.2. The molecule has 0 aliphatic carbocycles. The second kappa shape index (κ2) is 22.3. The van der Waals surface area contributed by atoms with Crippen molar-refractivity contribution in [2.24, 2.45) is 5.92 Å². The van der Waals surface area contributed by atoms with Crippen molar-refractivity contribution in [1.82, 2.24) is 0 Å². The molecule has 0 spiro atoms. The van der Waals surface area contributed by atoms with Crippen LogP contribution in [0.3, 0.4) is 0 Å². The summed E-state index contributed by atoms with van der Waals surface area (Å²) in [7, 11) is 0. The van der Waals surface area contributed by atoms with Gasteiger partial charge in [0.15, 0.2) is 6.10 Å². The molecule has 258 valence electrons. The van der Waals surface area contributed by atoms with Crippen molar-refractivity contribution < 1.29 is 60.6 Å². The van der Waals surface area contributed by atoms with E-state index >= 15 is 0 Å². The van der Waals surface area contributed by atoms with Gasteiger partial charge in [0.1, 0.15) is 18.3 Å². The molecule has 0 amide bonds. The second-order valence-electron chi connectivity index (χ2n) is 11.7. The third-order valence-electron chi connectivity index (χ3n) is 7.64. The van der Waals surface area contributed by atoms with E-state index in [1.807, 2.05) is 6.92 Å². The average molecular weight is 643 g/mol. The maximum Gasteiger partial charge on any atom is 0.312 e. The molecular weight excluding hydrogens is 588 g/mol. The van der Waals surface area contributed by atoms with Gasteiger partial charge in [-0.1, -0.05) is 74.4 Å². The maximum atomic E-state index is 13.0. The molecule has 1 heterocycles. The minimum absolute atomic E-state index is 0.225. The number of hydrogen-bond acceptors (Lipinski definition) is 12. The molecule has 1 aliphatic heterocycles. The number of hydrogen-bond donors (Lipinski definition) is 10. The molecule has 0 saturated heterocycles. The lowest BCUT2D eigenvalue weighted by Gasteiger charge is -2.28. The van der Waals surface area contributed by atoms with Gasteiger partial charge in [-0.2, -0.15) is 0 Å². The van der Waals surface area contributed by atoms with Gasteiger partial charge in [0.05, 0.1) is 49.1 Å². The van der Waals surface area contributed by atoms with Crippen LogP contribution in [0.5, 0.6) is 0 Å². The van der Waals surface area contributed by atoms with Gasteiger partial charge >= 0.3 is 5.97 Å². The summed E-state index contributed by atoms with van der Waals surface area (Å²) in [6.07, 6.45) is 0.782. The Labute approximate surface area is 265 Å². The van der Waals surface area contributed by atoms with E-state index in [-0.39, 0.29) is 38.5 Å². The highest BCUT2D eigenvalue weighted by molar-refractivity contribution is 5.73. The molecule has 1 rings (SSSR count). The van der Waals surface area contributed by atoms with Gasteiger partial charge in [0.25, 0.3) is 0 Å². The van der Waals surface area contributed by atoms with Crippen LogP contribution in [0.4, 0.5) is 0 Å². The predicted octanol–water partition coefficient (Wildman–Crippen LogP) is 0.0802. The quantitative estimate of drug-likeness (QED) is 0.184. The first-order valence-corrected chi connectivity index (χ1v) is 15.6. The van der Waals surface area contributed by atoms with E-state index < -0.39 is 79.5 Å². The number of carbonyl (C=O) groups is 1. The van der Waals surface area contributed by atoms with Crippen molar-refractivity contribution in [2.75, 3.05) is 6.61 Å². The predicted molar refractivity (Wildman–Crippen MR) is 167 cm³/mol. The van der Waals surface area contributed by atoms with Crippen LogP contribution in [0.25, 0.3) is 0 Å². The lowest BCUT2D eigenvalue weighted by Crippen LogP contribution is -2.40. The number of rotatable bonds is 4. The van der Waals surface area contributed by atoms with E-state index in [1.165, 1.54) is 18.2 Å². The highest BCUT2D eigenvalue weighted by Crippen LogP contribution is 2.23. The van der Waals surface area contributed by atoms with Crippen LogP contribution in [0.2, 0.25) is 0 Å². The maximum absolute atomic E-state index is 13.0. The lowest BCUT2D eigenvalue weighted by atomic mass is 9.90. The number of cyclic esters (lactones) is 1. The summed E-state index contributed by atoms with van der Waals surface area (Å²) in [4.78, 5) is 13.0. The van der Waals surface area contributed by atoms with Crippen LogP contribution >= 0.6 is 0 Å². The molecule has 0 radical (unpaired) electrons. The first kappa shape index (κ1) is 40.8. The molecule has 12 nitrogen and oxygen atoms in total. The molecule has 0 saturated carbocycles. The Balaban J connectivity index is 3.16. The van der Waals surface area contributed by atoms with Crippen LogP contribution in [-0.4, -0.2) is 125 Å². The Bertz CT molecular complexity index is 977. The van der Waals surface area contributed by atoms with Crippen LogP contribution in [0.15, 0.2) is 60.3 Å². The first-order valence-electron chi connectivity index (χ1n) is 15.6. The van der Waals surface area contributed by atoms with Crippen LogP contribution in [-0.2, 0) is 9.53 Å². The van der Waals surface area contributed by atoms with E-state index in [4.69, 9.17) is 4.74 Å². The number of allylic oxidation sites excluding steroid dienone is 8. The average Bonchev–Trinajstić information content (AvgIpc) is 2.97. The summed E-state index contributed by atoms with van der Waals surface area (Å²) < 4.78 is 5.34. The van der Waals surface area contributed by atoms with Gasteiger partial charge in [-0.05, 0) is 38.2 Å². The van der Waals surface area contributed by atoms with Gasteiger partial charge in [-0.3, -0.25) is 4.79 Å². The van der Waals surface area contributed by atoms with Crippen molar-refractivity contribution in [3.8, 4) is 0 Å². The number of aliphatic hydroxyl groups is 10. The largest absolute Gasteiger partial charge is 0.457 e. The van der Waals surface area contributed by atoms with Gasteiger partial charge in [-0.15, -0.1) is 0 Å². The van der Waals surface area contributed by atoms with Gasteiger partial charge in [0.2, 0.25) is 0 Å². The lowest BCUT2D eigenvalue weighted by molar-refractivity contribution is -0.166. The zero-order chi connectivity index (χ0) is 33.9. The van der Waals surface area contributed by atoms with E-state index in [9.17, 15) is 55.9 Å². The Hall–Kier alpha value is -2.23. The number of carbonyl (C=O) groups excluding carboxylic acids is 1. The number of ether oxygens (including phenoxy) is 1. The summed E-state index contributed by atoms with van der Waals surface area (Å²) in [6.45, 7) is 2.78. The molecule has 11 atom stereocenters. The summed E-state index contributed by atoms with van der Waals surface area (Å²) in [6, 6.07) is 0. The highest BCUT2D eigenvalue weighted by atomic mass is 16.6. The van der Waals surface area contributed by atoms with Crippen molar-refractivity contribution in [1.29, 1.82) is 0 Å². The van der Waals surface area contributed by atoms with Gasteiger partial charge in [0, 0.05) is 12.8 Å². The van der Waals surface area contributed by atoms with Crippen LogP contribution in [0.1, 0.15) is 65.2 Å². The van der Waals surface area contributed by atoms with E-state index in [1.54, 1.807) is 43.4 Å². The van der Waals surface area contributed by atoms with E-state index in [2.05, 4.69) is 0 Å². The number of unbranched alkanes of at least 4 members (excludes halogenated alkanes) is 1. The van der Waals surface area contributed by atoms with Crippen LogP contribution in [0, 0.1) is 5.92 Å². The van der Waals surface area contributed by atoms with E-state index in [0.29, 0.717) is 18.4 Å². The molecule has 0 aromatic heterocycles. The van der Waals surface area contributed by atoms with Crippen molar-refractivity contribution >= 4 is 5.97 Å². The van der Waals surface area contributed by atoms with Crippen molar-refractivity contribution in [3.63, 3.8) is 0 Å². The smallest absolute Gasteiger partial charge is 0.312 e. The number of esters is 1. The highest BCUT2D eigenvalue weighted by Gasteiger charge is 2.33. The summed E-state index contributed by atoms with van der Waals surface area (Å²) in [5.41, 5.74) is 0.351. The Morgan fingerprint density at radius 3 is 1.73 bits per heavy atom. The van der Waals surface area contributed by atoms with Gasteiger partial charge in [-0.25, -0.2) is 0 Å². The molecule has 0 aromatic rings. The fourth-order valence-electron chi connectivity index (χ4n) is 4.94. The molecule has 12 heteroatoms. The fourth-order valence-corrected chi connectivity index (χ4v) is 4.94. The molecular formula is C33H54O12. The monoisotopic (exact) mass is 642 g/mol. The first-order chi connectivity index (χ1) is 21.3. The van der Waals surface area contributed by atoms with Gasteiger partial charge < -0.3 is 55.8 Å². The molecule has 0 aromatic carbocycles. The molecule has 0 fully saturated rings. The SMILES string of the molecule is CCCCC1C(=O)OC(CO)C(O)/C=C/C=C/C=C/C=C/C=C(/C)C(O)C(O)C(O)CC(O)CC(O)CC(O)CC(O)CC1O. The number of aliphatic hydroxyl groups excluding tert-OH is 10. The second-order valence-corrected chi connectivity index (χ2v) is 11.7. The fraction of sp³-hybridized carbons (Fsp3) is 0.667. The summed E-state index contributed by atoms with van der Waals surface area (Å²) in [5, 5.41) is 104. The van der Waals surface area contributed by atoms with E-state index in [0.717, 1.165) is 0 Å². The van der Waals surface area contributed by atoms with Crippen molar-refractivity contribution in [2.45, 2.75) is 126 Å². The topological polar surface area (TPSA) is 229 Å². The molecule has 1 aliphatic rings. The third-order valence-corrected chi connectivity index (χ3v) is 7.64. The minimum Gasteiger partial charge on any atom is -0.457 e. The normalized spacial score (nSPS) is 40.1. The zero-order valence-electron chi connectivity index (χ0n) is 26.2. The molecule has 11 unspecified atom stereocenters. The summed E-state index contributed by atoms with van der Waals surface area (Å²) >= 11 is 0. The Kier molecular flexibility index (Phi) is 20.2. The third kappa shape index (κ3) is 16.2. The summed E-state index contributed by atoms with van der Waals surface area (Å²) in [5.74, 6) is -1.91. The Morgan fingerprint density at radius 2 is 1.20 bits per heavy atom.